The zero-order valence-corrected chi connectivity index (χ0v) is 15.2. The number of nitriles is 1. The molecule has 1 saturated heterocycles. The Morgan fingerprint density at radius 1 is 1.19 bits per heavy atom. The highest BCUT2D eigenvalue weighted by Gasteiger charge is 2.29. The van der Waals surface area contributed by atoms with Crippen LogP contribution in [-0.2, 0) is 4.79 Å². The molecule has 4 rings (SSSR count). The molecule has 1 aliphatic carbocycles. The van der Waals surface area contributed by atoms with Gasteiger partial charge in [-0.1, -0.05) is 18.2 Å². The van der Waals surface area contributed by atoms with Crippen molar-refractivity contribution in [3.05, 3.63) is 48.0 Å². The number of carbonyl (C=O) groups excluding carboxylic acids is 1. The largest absolute Gasteiger partial charge is 0.394 e. The monoisotopic (exact) mass is 361 g/mol. The molecule has 2 aromatic carbocycles. The molecule has 1 atom stereocenters. The van der Waals surface area contributed by atoms with E-state index in [9.17, 15) is 15.2 Å². The summed E-state index contributed by atoms with van der Waals surface area (Å²) in [6, 6.07) is 16.0. The van der Waals surface area contributed by atoms with Gasteiger partial charge in [0.2, 0.25) is 5.91 Å². The minimum absolute atomic E-state index is 0.0870. The van der Waals surface area contributed by atoms with E-state index in [1.54, 1.807) is 0 Å². The normalized spacial score (nSPS) is 19.0. The van der Waals surface area contributed by atoms with Crippen molar-refractivity contribution in [2.24, 2.45) is 5.92 Å². The number of nitrogens with one attached hydrogen (secondary N) is 1. The molecule has 2 fully saturated rings. The zero-order valence-electron chi connectivity index (χ0n) is 15.2. The van der Waals surface area contributed by atoms with Crippen LogP contribution in [0.1, 0.15) is 31.2 Å². The predicted octanol–water partition coefficient (Wildman–Crippen LogP) is 3.53. The van der Waals surface area contributed by atoms with E-state index in [1.807, 2.05) is 42.5 Å². The van der Waals surface area contributed by atoms with Gasteiger partial charge in [0.05, 0.1) is 23.9 Å². The number of rotatable bonds is 5. The minimum atomic E-state index is 0.0870. The van der Waals surface area contributed by atoms with Crippen molar-refractivity contribution < 1.29 is 9.90 Å². The van der Waals surface area contributed by atoms with E-state index in [-0.39, 0.29) is 24.5 Å². The van der Waals surface area contributed by atoms with E-state index in [4.69, 9.17) is 0 Å². The Morgan fingerprint density at radius 2 is 2.00 bits per heavy atom. The van der Waals surface area contributed by atoms with Crippen LogP contribution in [0.15, 0.2) is 42.5 Å². The Kier molecular flexibility index (Phi) is 4.83. The summed E-state index contributed by atoms with van der Waals surface area (Å²) in [5, 5.41) is 22.2. The van der Waals surface area contributed by atoms with Crippen LogP contribution >= 0.6 is 0 Å². The van der Waals surface area contributed by atoms with Gasteiger partial charge in [-0.25, -0.2) is 0 Å². The maximum Gasteiger partial charge on any atom is 0.227 e. The first kappa shape index (κ1) is 17.6. The standard InChI is InChI=1S/C22H23N3O2/c23-13-18-11-17(8-9-21(18)25-10-2-5-20(25)14-26)16-3-1-4-19(12-16)24-22(27)15-6-7-15/h1,3-4,8-9,11-12,15,20,26H,2,5-7,10,14H2,(H,24,27)/t20-/m0/s1. The lowest BCUT2D eigenvalue weighted by atomic mass is 10.0. The third kappa shape index (κ3) is 3.67. The number of hydrogen-bond donors (Lipinski definition) is 2. The van der Waals surface area contributed by atoms with E-state index in [1.165, 1.54) is 0 Å². The van der Waals surface area contributed by atoms with Gasteiger partial charge in [0, 0.05) is 18.2 Å². The molecule has 2 N–H and O–H groups in total. The first-order valence-corrected chi connectivity index (χ1v) is 9.52. The summed E-state index contributed by atoms with van der Waals surface area (Å²) in [5.41, 5.74) is 4.19. The number of nitrogens with zero attached hydrogens (tertiary/aromatic N) is 2. The maximum atomic E-state index is 12.0. The van der Waals surface area contributed by atoms with E-state index in [0.29, 0.717) is 5.56 Å². The molecule has 0 radical (unpaired) electrons. The summed E-state index contributed by atoms with van der Waals surface area (Å²) in [4.78, 5) is 14.1. The molecule has 0 aromatic heterocycles. The van der Waals surface area contributed by atoms with Crippen LogP contribution in [0.5, 0.6) is 0 Å². The lowest BCUT2D eigenvalue weighted by Gasteiger charge is -2.26. The van der Waals surface area contributed by atoms with Crippen LogP contribution in [0.4, 0.5) is 11.4 Å². The summed E-state index contributed by atoms with van der Waals surface area (Å²) < 4.78 is 0. The molecule has 1 saturated carbocycles. The van der Waals surface area contributed by atoms with E-state index < -0.39 is 0 Å². The van der Waals surface area contributed by atoms with Crippen LogP contribution in [-0.4, -0.2) is 30.2 Å². The SMILES string of the molecule is N#Cc1cc(-c2cccc(NC(=O)C3CC3)c2)ccc1N1CCC[C@H]1CO. The van der Waals surface area contributed by atoms with Crippen molar-refractivity contribution >= 4 is 17.3 Å². The molecule has 1 heterocycles. The predicted molar refractivity (Wildman–Crippen MR) is 105 cm³/mol. The van der Waals surface area contributed by atoms with Gasteiger partial charge in [-0.05, 0) is 61.1 Å². The Balaban J connectivity index is 1.61. The molecule has 1 aliphatic heterocycles. The summed E-state index contributed by atoms with van der Waals surface area (Å²) in [5.74, 6) is 0.252. The van der Waals surface area contributed by atoms with Crippen molar-refractivity contribution in [2.75, 3.05) is 23.4 Å². The second kappa shape index (κ2) is 7.42. The second-order valence-electron chi connectivity index (χ2n) is 7.36. The maximum absolute atomic E-state index is 12.0. The molecular formula is C22H23N3O2. The average Bonchev–Trinajstić information content (AvgIpc) is 3.45. The third-order valence-corrected chi connectivity index (χ3v) is 5.43. The molecule has 2 aromatic rings. The number of carbonyl (C=O) groups is 1. The van der Waals surface area contributed by atoms with Gasteiger partial charge in [-0.15, -0.1) is 0 Å². The Labute approximate surface area is 159 Å². The fraction of sp³-hybridized carbons (Fsp3) is 0.364. The first-order valence-electron chi connectivity index (χ1n) is 9.52. The fourth-order valence-corrected chi connectivity index (χ4v) is 3.76. The first-order chi connectivity index (χ1) is 13.2. The smallest absolute Gasteiger partial charge is 0.227 e. The Morgan fingerprint density at radius 3 is 2.74 bits per heavy atom. The highest BCUT2D eigenvalue weighted by atomic mass is 16.3. The molecule has 138 valence electrons. The van der Waals surface area contributed by atoms with Crippen molar-refractivity contribution in [3.8, 4) is 17.2 Å². The van der Waals surface area contributed by atoms with Crippen LogP contribution in [0.25, 0.3) is 11.1 Å². The Bertz CT molecular complexity index is 899. The van der Waals surface area contributed by atoms with Gasteiger partial charge in [0.1, 0.15) is 6.07 Å². The van der Waals surface area contributed by atoms with Crippen molar-refractivity contribution in [2.45, 2.75) is 31.7 Å². The van der Waals surface area contributed by atoms with E-state index >= 15 is 0 Å². The molecule has 5 nitrogen and oxygen atoms in total. The van der Waals surface area contributed by atoms with Crippen LogP contribution < -0.4 is 10.2 Å². The second-order valence-corrected chi connectivity index (χ2v) is 7.36. The zero-order chi connectivity index (χ0) is 18.8. The molecule has 2 aliphatic rings. The van der Waals surface area contributed by atoms with Crippen molar-refractivity contribution in [1.29, 1.82) is 5.26 Å². The van der Waals surface area contributed by atoms with Crippen LogP contribution in [0.2, 0.25) is 0 Å². The van der Waals surface area contributed by atoms with E-state index in [2.05, 4.69) is 16.3 Å². The van der Waals surface area contributed by atoms with Gasteiger partial charge in [-0.2, -0.15) is 5.26 Å². The molecular weight excluding hydrogens is 338 g/mol. The Hall–Kier alpha value is -2.84. The van der Waals surface area contributed by atoms with Crippen LogP contribution in [0, 0.1) is 17.2 Å². The summed E-state index contributed by atoms with van der Waals surface area (Å²) in [6.07, 6.45) is 3.93. The van der Waals surface area contributed by atoms with Gasteiger partial charge in [0.15, 0.2) is 0 Å². The summed E-state index contributed by atoms with van der Waals surface area (Å²) in [7, 11) is 0. The third-order valence-electron chi connectivity index (χ3n) is 5.43. The highest BCUT2D eigenvalue weighted by molar-refractivity contribution is 5.94. The van der Waals surface area contributed by atoms with E-state index in [0.717, 1.165) is 54.7 Å². The lowest BCUT2D eigenvalue weighted by molar-refractivity contribution is -0.117. The van der Waals surface area contributed by atoms with Gasteiger partial charge in [-0.3, -0.25) is 4.79 Å². The van der Waals surface area contributed by atoms with Crippen LogP contribution in [0.3, 0.4) is 0 Å². The molecule has 27 heavy (non-hydrogen) atoms. The number of aliphatic hydroxyl groups excluding tert-OH is 1. The van der Waals surface area contributed by atoms with Gasteiger partial charge >= 0.3 is 0 Å². The summed E-state index contributed by atoms with van der Waals surface area (Å²) in [6.45, 7) is 0.970. The lowest BCUT2D eigenvalue weighted by Crippen LogP contribution is -2.32. The average molecular weight is 361 g/mol. The molecule has 0 spiro atoms. The van der Waals surface area contributed by atoms with Crippen molar-refractivity contribution in [1.82, 2.24) is 0 Å². The number of anilines is 2. The minimum Gasteiger partial charge on any atom is -0.394 e. The number of aliphatic hydroxyl groups is 1. The van der Waals surface area contributed by atoms with Gasteiger partial charge in [0.25, 0.3) is 0 Å². The molecule has 0 bridgehead atoms. The summed E-state index contributed by atoms with van der Waals surface area (Å²) >= 11 is 0. The number of amides is 1. The molecule has 0 unspecified atom stereocenters. The fourth-order valence-electron chi connectivity index (χ4n) is 3.76. The number of hydrogen-bond acceptors (Lipinski definition) is 4. The molecule has 5 heteroatoms. The number of benzene rings is 2. The quantitative estimate of drug-likeness (QED) is 0.854. The topological polar surface area (TPSA) is 76.4 Å². The molecule has 1 amide bonds. The van der Waals surface area contributed by atoms with Gasteiger partial charge < -0.3 is 15.3 Å². The van der Waals surface area contributed by atoms with Crippen molar-refractivity contribution in [3.63, 3.8) is 0 Å². The highest BCUT2D eigenvalue weighted by Crippen LogP contribution is 2.33.